The molecule has 0 saturated heterocycles. The summed E-state index contributed by atoms with van der Waals surface area (Å²) in [5.74, 6) is 2.46. The van der Waals surface area contributed by atoms with Crippen molar-refractivity contribution in [3.8, 4) is 17.0 Å². The molecule has 0 amide bonds. The van der Waals surface area contributed by atoms with Crippen molar-refractivity contribution in [3.63, 3.8) is 0 Å². The Labute approximate surface area is 139 Å². The summed E-state index contributed by atoms with van der Waals surface area (Å²) >= 11 is 5.99. The number of aromatic nitrogens is 4. The summed E-state index contributed by atoms with van der Waals surface area (Å²) in [5, 5.41) is 3.89. The summed E-state index contributed by atoms with van der Waals surface area (Å²) in [4.78, 5) is 8.70. The van der Waals surface area contributed by atoms with E-state index in [1.807, 2.05) is 53.7 Å². The summed E-state index contributed by atoms with van der Waals surface area (Å²) in [6.45, 7) is 0.552. The molecule has 0 bridgehead atoms. The smallest absolute Gasteiger partial charge is 0.203 e. The van der Waals surface area contributed by atoms with Crippen LogP contribution in [0.2, 0.25) is 5.15 Å². The maximum absolute atomic E-state index is 5.99. The number of methoxy groups -OCH3 is 1. The van der Waals surface area contributed by atoms with Gasteiger partial charge in [-0.3, -0.25) is 0 Å². The fourth-order valence-corrected chi connectivity index (χ4v) is 2.50. The van der Waals surface area contributed by atoms with Gasteiger partial charge in [-0.25, -0.2) is 9.97 Å². The summed E-state index contributed by atoms with van der Waals surface area (Å²) in [7, 11) is 5.51. The van der Waals surface area contributed by atoms with E-state index in [0.717, 1.165) is 28.8 Å². The maximum atomic E-state index is 5.99. The van der Waals surface area contributed by atoms with E-state index in [1.165, 1.54) is 0 Å². The average Bonchev–Trinajstić information content (AvgIpc) is 3.09. The lowest BCUT2D eigenvalue weighted by molar-refractivity contribution is 0.415. The van der Waals surface area contributed by atoms with Crippen molar-refractivity contribution in [2.24, 2.45) is 14.1 Å². The summed E-state index contributed by atoms with van der Waals surface area (Å²) in [6, 6.07) is 7.90. The van der Waals surface area contributed by atoms with Gasteiger partial charge in [-0.1, -0.05) is 11.6 Å². The van der Waals surface area contributed by atoms with E-state index < -0.39 is 0 Å². The van der Waals surface area contributed by atoms with Crippen molar-refractivity contribution in [1.82, 2.24) is 19.1 Å². The second-order valence-electron chi connectivity index (χ2n) is 5.16. The third-order valence-electron chi connectivity index (χ3n) is 3.81. The molecule has 0 aliphatic rings. The van der Waals surface area contributed by atoms with Crippen LogP contribution >= 0.6 is 11.6 Å². The van der Waals surface area contributed by atoms with Crippen molar-refractivity contribution in [2.75, 3.05) is 12.4 Å². The molecule has 0 fully saturated rings. The van der Waals surface area contributed by atoms with Crippen LogP contribution in [0.1, 0.15) is 5.82 Å². The van der Waals surface area contributed by atoms with E-state index in [0.29, 0.717) is 11.7 Å². The molecule has 23 heavy (non-hydrogen) atoms. The number of anilines is 1. The zero-order valence-electron chi connectivity index (χ0n) is 13.2. The first-order valence-corrected chi connectivity index (χ1v) is 7.54. The van der Waals surface area contributed by atoms with Crippen molar-refractivity contribution in [1.29, 1.82) is 0 Å². The minimum atomic E-state index is 0.552. The molecule has 7 heteroatoms. The molecule has 0 unspecified atom stereocenters. The fourth-order valence-electron chi connectivity index (χ4n) is 2.35. The average molecular weight is 332 g/mol. The molecule has 0 atom stereocenters. The molecule has 1 aromatic carbocycles. The van der Waals surface area contributed by atoms with Gasteiger partial charge in [0.15, 0.2) is 0 Å². The minimum Gasteiger partial charge on any atom is -0.497 e. The Bertz CT molecular complexity index is 806. The van der Waals surface area contributed by atoms with E-state index in [2.05, 4.69) is 15.3 Å². The maximum Gasteiger partial charge on any atom is 0.203 e. The Kier molecular flexibility index (Phi) is 4.25. The molecule has 1 N–H and O–H groups in total. The van der Waals surface area contributed by atoms with Crippen LogP contribution in [0.3, 0.4) is 0 Å². The Morgan fingerprint density at radius 2 is 1.83 bits per heavy atom. The number of hydrogen-bond acceptors (Lipinski definition) is 4. The summed E-state index contributed by atoms with van der Waals surface area (Å²) in [5.41, 5.74) is 2.10. The molecule has 0 spiro atoms. The molecule has 3 rings (SSSR count). The zero-order chi connectivity index (χ0) is 16.4. The molecule has 3 aromatic rings. The third kappa shape index (κ3) is 3.03. The number of halogens is 1. The van der Waals surface area contributed by atoms with Crippen LogP contribution in [0, 0.1) is 0 Å². The summed E-state index contributed by atoms with van der Waals surface area (Å²) in [6.07, 6.45) is 3.48. The number of imidazole rings is 2. The van der Waals surface area contributed by atoms with Crippen LogP contribution in [0.25, 0.3) is 11.3 Å². The second kappa shape index (κ2) is 6.34. The summed E-state index contributed by atoms with van der Waals surface area (Å²) < 4.78 is 9.03. The van der Waals surface area contributed by atoms with Gasteiger partial charge in [0, 0.05) is 19.7 Å². The van der Waals surface area contributed by atoms with Crippen molar-refractivity contribution < 1.29 is 4.74 Å². The Hall–Kier alpha value is -2.47. The molecule has 2 aromatic heterocycles. The fraction of sp³-hybridized carbons (Fsp3) is 0.250. The van der Waals surface area contributed by atoms with Crippen molar-refractivity contribution in [2.45, 2.75) is 6.54 Å². The van der Waals surface area contributed by atoms with Gasteiger partial charge in [-0.2, -0.15) is 0 Å². The largest absolute Gasteiger partial charge is 0.497 e. The lowest BCUT2D eigenvalue weighted by Crippen LogP contribution is -2.09. The highest BCUT2D eigenvalue weighted by Gasteiger charge is 2.10. The normalized spacial score (nSPS) is 10.8. The highest BCUT2D eigenvalue weighted by atomic mass is 35.5. The second-order valence-corrected chi connectivity index (χ2v) is 5.55. The van der Waals surface area contributed by atoms with Crippen LogP contribution in [0.15, 0.2) is 36.7 Å². The molecule has 2 heterocycles. The van der Waals surface area contributed by atoms with Gasteiger partial charge in [0.05, 0.1) is 31.7 Å². The lowest BCUT2D eigenvalue weighted by Gasteiger charge is -2.09. The Balaban J connectivity index is 1.77. The molecule has 0 aliphatic heterocycles. The van der Waals surface area contributed by atoms with Crippen LogP contribution in [-0.4, -0.2) is 26.2 Å². The zero-order valence-corrected chi connectivity index (χ0v) is 14.0. The van der Waals surface area contributed by atoms with Crippen LogP contribution in [0.5, 0.6) is 5.75 Å². The van der Waals surface area contributed by atoms with Gasteiger partial charge < -0.3 is 19.2 Å². The van der Waals surface area contributed by atoms with Crippen molar-refractivity contribution in [3.05, 3.63) is 47.6 Å². The minimum absolute atomic E-state index is 0.552. The Morgan fingerprint density at radius 3 is 2.43 bits per heavy atom. The van der Waals surface area contributed by atoms with Crippen LogP contribution in [-0.2, 0) is 20.6 Å². The monoisotopic (exact) mass is 331 g/mol. The SMILES string of the molecule is COc1ccc(-c2cnc(NCc3ncc(Cl)n3C)n2C)cc1. The quantitative estimate of drug-likeness (QED) is 0.780. The van der Waals surface area contributed by atoms with Crippen molar-refractivity contribution >= 4 is 17.5 Å². The predicted molar refractivity (Wildman–Crippen MR) is 90.7 cm³/mol. The first-order valence-electron chi connectivity index (χ1n) is 7.16. The molecule has 0 radical (unpaired) electrons. The molecular formula is C16H18ClN5O. The lowest BCUT2D eigenvalue weighted by atomic mass is 10.1. The highest BCUT2D eigenvalue weighted by Crippen LogP contribution is 2.24. The highest BCUT2D eigenvalue weighted by molar-refractivity contribution is 6.29. The van der Waals surface area contributed by atoms with E-state index in [4.69, 9.17) is 16.3 Å². The standard InChI is InChI=1S/C16H18ClN5O/c1-21-13(11-4-6-12(23-3)7-5-11)8-19-16(21)20-10-15-18-9-14(17)22(15)2/h4-9H,10H2,1-3H3,(H,19,20). The van der Waals surface area contributed by atoms with E-state index in [1.54, 1.807) is 13.3 Å². The van der Waals surface area contributed by atoms with E-state index in [9.17, 15) is 0 Å². The van der Waals surface area contributed by atoms with Gasteiger partial charge in [0.25, 0.3) is 0 Å². The van der Waals surface area contributed by atoms with Gasteiger partial charge in [0.1, 0.15) is 16.7 Å². The topological polar surface area (TPSA) is 56.9 Å². The third-order valence-corrected chi connectivity index (χ3v) is 4.16. The number of nitrogens with one attached hydrogen (secondary N) is 1. The molecular weight excluding hydrogens is 314 g/mol. The number of rotatable bonds is 5. The van der Waals surface area contributed by atoms with Gasteiger partial charge >= 0.3 is 0 Å². The Morgan fingerprint density at radius 1 is 1.09 bits per heavy atom. The number of hydrogen-bond donors (Lipinski definition) is 1. The first kappa shape index (κ1) is 15.4. The van der Waals surface area contributed by atoms with E-state index in [-0.39, 0.29) is 0 Å². The first-order chi connectivity index (χ1) is 11.1. The van der Waals surface area contributed by atoms with Gasteiger partial charge in [0.2, 0.25) is 5.95 Å². The van der Waals surface area contributed by atoms with Crippen LogP contribution < -0.4 is 10.1 Å². The van der Waals surface area contributed by atoms with Gasteiger partial charge in [-0.15, -0.1) is 0 Å². The number of benzene rings is 1. The van der Waals surface area contributed by atoms with E-state index >= 15 is 0 Å². The van der Waals surface area contributed by atoms with Gasteiger partial charge in [-0.05, 0) is 24.3 Å². The number of ether oxygens (including phenoxy) is 1. The van der Waals surface area contributed by atoms with Crippen LogP contribution in [0.4, 0.5) is 5.95 Å². The molecule has 120 valence electrons. The number of nitrogens with zero attached hydrogens (tertiary/aromatic N) is 4. The molecule has 6 nitrogen and oxygen atoms in total. The molecule has 0 aliphatic carbocycles. The molecule has 0 saturated carbocycles. The predicted octanol–water partition coefficient (Wildman–Crippen LogP) is 3.09.